The van der Waals surface area contributed by atoms with E-state index in [1.54, 1.807) is 0 Å². The van der Waals surface area contributed by atoms with Crippen LogP contribution < -0.4 is 28.1 Å². The molecular formula is C25H28Cl2HfNOSi. The average Bonchev–Trinajstić information content (AvgIpc) is 3.06. The molecule has 0 saturated heterocycles. The third-order valence-corrected chi connectivity index (χ3v) is 30.7. The van der Waals surface area contributed by atoms with Crippen molar-refractivity contribution in [2.45, 2.75) is 36.5 Å². The molecule has 1 aliphatic carbocycles. The van der Waals surface area contributed by atoms with Crippen LogP contribution in [0.25, 0.3) is 11.1 Å². The number of rotatable bonds is 5. The Kier molecular flexibility index (Phi) is 9.32. The zero-order valence-electron chi connectivity index (χ0n) is 18.3. The number of amides is 1. The zero-order valence-corrected chi connectivity index (χ0v) is 24.6. The van der Waals surface area contributed by atoms with Crippen molar-refractivity contribution in [2.24, 2.45) is 0 Å². The summed E-state index contributed by atoms with van der Waals surface area (Å²) < 4.78 is 4.13. The quantitative estimate of drug-likeness (QED) is 0.388. The van der Waals surface area contributed by atoms with E-state index in [1.807, 2.05) is 18.2 Å². The zero-order chi connectivity index (χ0) is 20.5. The first-order valence-corrected chi connectivity index (χ1v) is 23.4. The third kappa shape index (κ3) is 5.08. The fourth-order valence-electron chi connectivity index (χ4n) is 4.45. The van der Waals surface area contributed by atoms with Gasteiger partial charge in [0.2, 0.25) is 0 Å². The number of hydrogen-bond acceptors (Lipinski definition) is 1. The number of benzene rings is 3. The van der Waals surface area contributed by atoms with Gasteiger partial charge in [0, 0.05) is 0 Å². The van der Waals surface area contributed by atoms with Gasteiger partial charge in [0.1, 0.15) is 0 Å². The van der Waals surface area contributed by atoms with E-state index in [9.17, 15) is 4.79 Å². The van der Waals surface area contributed by atoms with Crippen molar-refractivity contribution in [3.05, 3.63) is 95.1 Å². The van der Waals surface area contributed by atoms with Crippen LogP contribution in [-0.4, -0.2) is 11.9 Å². The van der Waals surface area contributed by atoms with Crippen molar-refractivity contribution >= 4 is 11.9 Å². The van der Waals surface area contributed by atoms with Crippen LogP contribution in [0.5, 0.6) is 0 Å². The van der Waals surface area contributed by atoms with Gasteiger partial charge in [-0.25, -0.2) is 0 Å². The molecule has 2 nitrogen and oxygen atoms in total. The summed E-state index contributed by atoms with van der Waals surface area (Å²) in [5.74, 6) is -0.500. The summed E-state index contributed by atoms with van der Waals surface area (Å²) >= 11 is -2.50. The first kappa shape index (κ1) is 26.1. The number of halogens is 2. The second kappa shape index (κ2) is 11.1. The van der Waals surface area contributed by atoms with Gasteiger partial charge in [-0.1, -0.05) is 0 Å². The van der Waals surface area contributed by atoms with Gasteiger partial charge in [-0.05, 0) is 0 Å². The molecule has 6 heteroatoms. The number of hydrogen-bond donors (Lipinski definition) is 1. The van der Waals surface area contributed by atoms with Crippen LogP contribution in [0.1, 0.15) is 50.5 Å². The minimum absolute atomic E-state index is 0. The third-order valence-electron chi connectivity index (χ3n) is 5.85. The van der Waals surface area contributed by atoms with E-state index in [1.165, 1.54) is 22.3 Å². The standard InChI is InChI=1S/C13H9.C10H13NO.C2H7Si.2ClH.Hf/c1-3-7-12-10(5-1)9-11-6-2-4-8-13(11)12;1-7(2)8-5-3-4-6-9(8)10(11)12;1-3-2;;;/h1-9H;3-7H,1-2H3,(H2,11,12);3H,1-2H3;2*1H;/q;;;;;+3/p-3. The van der Waals surface area contributed by atoms with E-state index < -0.39 is 26.9 Å². The molecule has 0 unspecified atom stereocenters. The van der Waals surface area contributed by atoms with Gasteiger partial charge in [-0.2, -0.15) is 0 Å². The van der Waals surface area contributed by atoms with Crippen LogP contribution in [0.3, 0.4) is 0 Å². The molecule has 0 atom stereocenters. The van der Waals surface area contributed by atoms with Crippen molar-refractivity contribution in [1.82, 2.24) is 3.30 Å². The van der Waals surface area contributed by atoms with Gasteiger partial charge < -0.3 is 24.8 Å². The minimum Gasteiger partial charge on any atom is -1.00 e. The number of nitrogens with one attached hydrogen (secondary N) is 1. The van der Waals surface area contributed by atoms with Gasteiger partial charge in [-0.15, -0.1) is 0 Å². The average molecular weight is 636 g/mol. The van der Waals surface area contributed by atoms with Crippen LogP contribution in [0.4, 0.5) is 0 Å². The molecule has 1 amide bonds. The Labute approximate surface area is 207 Å². The van der Waals surface area contributed by atoms with Crippen molar-refractivity contribution < 1.29 is 50.5 Å². The van der Waals surface area contributed by atoms with E-state index in [4.69, 9.17) is 0 Å². The summed E-state index contributed by atoms with van der Waals surface area (Å²) in [6.45, 7) is 9.18. The molecule has 0 heterocycles. The molecule has 0 spiro atoms. The number of carbonyl (C=O) groups is 1. The van der Waals surface area contributed by atoms with Gasteiger partial charge in [0.05, 0.1) is 0 Å². The summed E-state index contributed by atoms with van der Waals surface area (Å²) in [6, 6.07) is 25.7. The summed E-state index contributed by atoms with van der Waals surface area (Å²) in [7, 11) is 0. The van der Waals surface area contributed by atoms with Crippen molar-refractivity contribution in [1.29, 1.82) is 0 Å². The smallest absolute Gasteiger partial charge is 1.00 e. The van der Waals surface area contributed by atoms with E-state index in [0.717, 1.165) is 11.1 Å². The van der Waals surface area contributed by atoms with Gasteiger partial charge in [-0.3, -0.25) is 0 Å². The van der Waals surface area contributed by atoms with Gasteiger partial charge >= 0.3 is 184 Å². The maximum absolute atomic E-state index is 13.4. The molecule has 161 valence electrons. The van der Waals surface area contributed by atoms with E-state index in [0.29, 0.717) is 9.59 Å². The Morgan fingerprint density at radius 2 is 1.32 bits per heavy atom. The van der Waals surface area contributed by atoms with Gasteiger partial charge in [0.25, 0.3) is 0 Å². The summed E-state index contributed by atoms with van der Waals surface area (Å²) in [4.78, 5) is 13.4. The summed E-state index contributed by atoms with van der Waals surface area (Å²) in [5, 5.41) is 0. The Hall–Kier alpha value is -1.20. The Morgan fingerprint density at radius 1 is 0.839 bits per heavy atom. The normalized spacial score (nSPS) is 11.9. The maximum Gasteiger partial charge on any atom is -1.00 e. The Balaban J connectivity index is 0.00000171. The predicted octanol–water partition coefficient (Wildman–Crippen LogP) is -0.166. The molecule has 1 aliphatic rings. The molecule has 0 bridgehead atoms. The van der Waals surface area contributed by atoms with Crippen molar-refractivity contribution in [3.8, 4) is 11.1 Å². The first-order valence-electron chi connectivity index (χ1n) is 10.4. The topological polar surface area (TPSA) is 29.1 Å². The molecule has 0 aromatic heterocycles. The Morgan fingerprint density at radius 3 is 1.84 bits per heavy atom. The maximum atomic E-state index is 13.4. The van der Waals surface area contributed by atoms with Crippen molar-refractivity contribution in [2.75, 3.05) is 0 Å². The fourth-order valence-corrected chi connectivity index (χ4v) is 25.9. The predicted molar refractivity (Wildman–Crippen MR) is 121 cm³/mol. The van der Waals surface area contributed by atoms with Crippen LogP contribution >= 0.6 is 0 Å². The summed E-state index contributed by atoms with van der Waals surface area (Å²) in [5.41, 5.74) is 7.61. The molecule has 0 fully saturated rings. The molecule has 1 N–H and O–H groups in total. The second-order valence-corrected chi connectivity index (χ2v) is 34.5. The fraction of sp³-hybridized carbons (Fsp3) is 0.240. The minimum atomic E-state index is -2.50. The molecule has 0 aliphatic heterocycles. The van der Waals surface area contributed by atoms with Crippen LogP contribution in [0.15, 0.2) is 72.8 Å². The summed E-state index contributed by atoms with van der Waals surface area (Å²) in [6.07, 6.45) is 0. The SMILES string of the molecule is CC(C)c1ccccc1C(=O)[NH][Hf+2]([CH]1c2ccccc2-c2ccccc21)[SiH](C)C.[Cl-].[Cl-]. The molecule has 3 aromatic rings. The van der Waals surface area contributed by atoms with Crippen LogP contribution in [-0.2, 0) is 20.9 Å². The monoisotopic (exact) mass is 636 g/mol. The first-order chi connectivity index (χ1) is 14.0. The molecule has 0 radical (unpaired) electrons. The molecule has 31 heavy (non-hydrogen) atoms. The van der Waals surface area contributed by atoms with E-state index in [-0.39, 0.29) is 30.7 Å². The number of fused-ring (bicyclic) bond motifs is 3. The number of carbonyl (C=O) groups excluding carboxylic acids is 1. The molecule has 3 aromatic carbocycles. The molecule has 4 rings (SSSR count). The Bertz CT molecular complexity index is 1010. The van der Waals surface area contributed by atoms with E-state index in [2.05, 4.69) is 84.8 Å². The van der Waals surface area contributed by atoms with Gasteiger partial charge in [0.15, 0.2) is 0 Å². The largest absolute Gasteiger partial charge is 1.00 e. The second-order valence-electron chi connectivity index (χ2n) is 8.41. The van der Waals surface area contributed by atoms with Crippen molar-refractivity contribution in [3.63, 3.8) is 0 Å². The molecule has 0 saturated carbocycles. The van der Waals surface area contributed by atoms with Crippen LogP contribution in [0, 0.1) is 0 Å². The molecular weight excluding hydrogens is 608 g/mol. The van der Waals surface area contributed by atoms with E-state index >= 15 is 0 Å². The van der Waals surface area contributed by atoms with Crippen LogP contribution in [0.2, 0.25) is 13.1 Å².